The maximum Gasteiger partial charge on any atom is 0.275 e. The SMILES string of the molecule is C[NH+](CC(=O)N[C@@H]1CS(=O)(=O)C[C@@H]1Cl)Cc1ccc(Cl)cc1. The highest BCUT2D eigenvalue weighted by molar-refractivity contribution is 7.91. The Kier molecular flexibility index (Phi) is 5.71. The van der Waals surface area contributed by atoms with Gasteiger partial charge in [-0.25, -0.2) is 8.42 Å². The number of benzene rings is 1. The fourth-order valence-corrected chi connectivity index (χ4v) is 5.16. The maximum atomic E-state index is 12.0. The molecule has 8 heteroatoms. The van der Waals surface area contributed by atoms with Crippen LogP contribution in [0.15, 0.2) is 24.3 Å². The van der Waals surface area contributed by atoms with Crippen LogP contribution in [0.5, 0.6) is 0 Å². The van der Waals surface area contributed by atoms with Crippen LogP contribution in [0.1, 0.15) is 5.56 Å². The first-order valence-electron chi connectivity index (χ1n) is 6.95. The van der Waals surface area contributed by atoms with Gasteiger partial charge < -0.3 is 10.2 Å². The molecule has 1 amide bonds. The zero-order chi connectivity index (χ0) is 16.3. The Hall–Kier alpha value is -0.820. The van der Waals surface area contributed by atoms with Gasteiger partial charge in [0.1, 0.15) is 6.54 Å². The number of carbonyl (C=O) groups is 1. The van der Waals surface area contributed by atoms with Crippen LogP contribution >= 0.6 is 23.2 Å². The summed E-state index contributed by atoms with van der Waals surface area (Å²) in [5, 5.41) is 2.84. The van der Waals surface area contributed by atoms with Crippen LogP contribution in [0, 0.1) is 0 Å². The number of halogens is 2. The van der Waals surface area contributed by atoms with E-state index in [4.69, 9.17) is 23.2 Å². The van der Waals surface area contributed by atoms with Crippen molar-refractivity contribution in [3.8, 4) is 0 Å². The van der Waals surface area contributed by atoms with Crippen LogP contribution in [-0.2, 0) is 21.2 Å². The van der Waals surface area contributed by atoms with Crippen LogP contribution in [0.25, 0.3) is 0 Å². The molecule has 1 unspecified atom stereocenters. The molecule has 1 aliphatic heterocycles. The van der Waals surface area contributed by atoms with E-state index in [0.29, 0.717) is 11.6 Å². The van der Waals surface area contributed by atoms with Crippen LogP contribution < -0.4 is 10.2 Å². The van der Waals surface area contributed by atoms with Gasteiger partial charge in [-0.3, -0.25) is 4.79 Å². The van der Waals surface area contributed by atoms with Crippen molar-refractivity contribution in [2.24, 2.45) is 0 Å². The number of sulfone groups is 1. The lowest BCUT2D eigenvalue weighted by Gasteiger charge is -2.17. The van der Waals surface area contributed by atoms with Gasteiger partial charge in [0.25, 0.3) is 5.91 Å². The topological polar surface area (TPSA) is 67.7 Å². The molecule has 1 saturated heterocycles. The van der Waals surface area contributed by atoms with E-state index < -0.39 is 21.3 Å². The summed E-state index contributed by atoms with van der Waals surface area (Å²) < 4.78 is 22.9. The molecule has 1 aromatic carbocycles. The lowest BCUT2D eigenvalue weighted by atomic mass is 10.2. The van der Waals surface area contributed by atoms with Gasteiger partial charge in [-0.1, -0.05) is 23.7 Å². The first kappa shape index (κ1) is 17.5. The van der Waals surface area contributed by atoms with Crippen LogP contribution in [0.3, 0.4) is 0 Å². The largest absolute Gasteiger partial charge is 0.346 e. The van der Waals surface area contributed by atoms with Crippen molar-refractivity contribution in [3.63, 3.8) is 0 Å². The van der Waals surface area contributed by atoms with Crippen molar-refractivity contribution in [1.29, 1.82) is 0 Å². The number of hydrogen-bond donors (Lipinski definition) is 2. The number of quaternary nitrogens is 1. The molecule has 1 aromatic rings. The number of hydrogen-bond acceptors (Lipinski definition) is 3. The number of nitrogens with one attached hydrogen (secondary N) is 2. The molecule has 5 nitrogen and oxygen atoms in total. The summed E-state index contributed by atoms with van der Waals surface area (Å²) in [6, 6.07) is 6.96. The maximum absolute atomic E-state index is 12.0. The molecule has 2 rings (SSSR count). The predicted molar refractivity (Wildman–Crippen MR) is 87.1 cm³/mol. The van der Waals surface area contributed by atoms with E-state index in [1.54, 1.807) is 0 Å². The summed E-state index contributed by atoms with van der Waals surface area (Å²) >= 11 is 11.8. The molecule has 3 atom stereocenters. The molecule has 22 heavy (non-hydrogen) atoms. The van der Waals surface area contributed by atoms with Gasteiger partial charge in [-0.15, -0.1) is 11.6 Å². The minimum Gasteiger partial charge on any atom is -0.346 e. The summed E-state index contributed by atoms with van der Waals surface area (Å²) in [6.45, 7) is 0.931. The molecule has 1 heterocycles. The highest BCUT2D eigenvalue weighted by Gasteiger charge is 2.37. The Bertz CT molecular complexity index is 634. The summed E-state index contributed by atoms with van der Waals surface area (Å²) in [5.74, 6) is -0.352. The minimum absolute atomic E-state index is 0.0764. The monoisotopic (exact) mass is 365 g/mol. The van der Waals surface area contributed by atoms with Gasteiger partial charge >= 0.3 is 0 Å². The Balaban J connectivity index is 1.83. The Labute approximate surface area is 140 Å². The molecule has 1 aliphatic rings. The van der Waals surface area contributed by atoms with Gasteiger partial charge in [-0.2, -0.15) is 0 Å². The molecular weight excluding hydrogens is 347 g/mol. The van der Waals surface area contributed by atoms with Crippen molar-refractivity contribution in [3.05, 3.63) is 34.9 Å². The van der Waals surface area contributed by atoms with Gasteiger partial charge in [0.2, 0.25) is 0 Å². The van der Waals surface area contributed by atoms with Crippen molar-refractivity contribution >= 4 is 38.9 Å². The third-order valence-corrected chi connectivity index (χ3v) is 6.14. The van der Waals surface area contributed by atoms with Crippen molar-refractivity contribution in [2.45, 2.75) is 18.0 Å². The summed E-state index contributed by atoms with van der Waals surface area (Å²) in [4.78, 5) is 13.0. The molecule has 0 saturated carbocycles. The first-order valence-corrected chi connectivity index (χ1v) is 9.58. The summed E-state index contributed by atoms with van der Waals surface area (Å²) in [7, 11) is -1.24. The standard InChI is InChI=1S/C14H18Cl2N2O3S/c1-18(6-10-2-4-11(15)5-3-10)7-14(19)17-13-9-22(20,21)8-12(13)16/h2-5,12-13H,6-9H2,1H3,(H,17,19)/p+1/t12-,13+/m0/s1. The number of carbonyl (C=O) groups excluding carboxylic acids is 1. The second-order valence-corrected chi connectivity index (χ2v) is 8.85. The third kappa shape index (κ3) is 5.12. The zero-order valence-corrected chi connectivity index (χ0v) is 14.5. The highest BCUT2D eigenvalue weighted by atomic mass is 35.5. The predicted octanol–water partition coefficient (Wildman–Crippen LogP) is -0.125. The number of likely N-dealkylation sites (N-methyl/N-ethyl adjacent to an activating group) is 1. The smallest absolute Gasteiger partial charge is 0.275 e. The minimum atomic E-state index is -3.14. The van der Waals surface area contributed by atoms with Crippen molar-refractivity contribution in [2.75, 3.05) is 25.1 Å². The van der Waals surface area contributed by atoms with Crippen molar-refractivity contribution < 1.29 is 18.1 Å². The lowest BCUT2D eigenvalue weighted by molar-refractivity contribution is -0.885. The molecule has 1 fully saturated rings. The van der Waals surface area contributed by atoms with Crippen LogP contribution in [-0.4, -0.2) is 50.8 Å². The molecule has 2 N–H and O–H groups in total. The zero-order valence-electron chi connectivity index (χ0n) is 12.2. The van der Waals surface area contributed by atoms with Crippen LogP contribution in [0.4, 0.5) is 0 Å². The van der Waals surface area contributed by atoms with E-state index in [-0.39, 0.29) is 24.0 Å². The number of amides is 1. The molecule has 0 aliphatic carbocycles. The second kappa shape index (κ2) is 7.17. The Morgan fingerprint density at radius 1 is 1.32 bits per heavy atom. The third-order valence-electron chi connectivity index (χ3n) is 3.51. The Morgan fingerprint density at radius 2 is 1.95 bits per heavy atom. The highest BCUT2D eigenvalue weighted by Crippen LogP contribution is 2.17. The summed E-state index contributed by atoms with van der Waals surface area (Å²) in [5.41, 5.74) is 1.08. The average Bonchev–Trinajstić information content (AvgIpc) is 2.64. The summed E-state index contributed by atoms with van der Waals surface area (Å²) in [6.07, 6.45) is 0. The van der Waals surface area contributed by atoms with Gasteiger partial charge in [0, 0.05) is 10.6 Å². The molecule has 0 aromatic heterocycles. The van der Waals surface area contributed by atoms with Crippen molar-refractivity contribution in [1.82, 2.24) is 5.32 Å². The average molecular weight is 366 g/mol. The van der Waals surface area contributed by atoms with E-state index in [1.165, 1.54) is 0 Å². The molecule has 0 bridgehead atoms. The first-order chi connectivity index (χ1) is 10.2. The Morgan fingerprint density at radius 3 is 2.50 bits per heavy atom. The quantitative estimate of drug-likeness (QED) is 0.714. The van der Waals surface area contributed by atoms with Gasteiger partial charge in [-0.05, 0) is 12.1 Å². The van der Waals surface area contributed by atoms with E-state index in [9.17, 15) is 13.2 Å². The lowest BCUT2D eigenvalue weighted by Crippen LogP contribution is -3.09. The number of rotatable bonds is 5. The molecule has 122 valence electrons. The van der Waals surface area contributed by atoms with E-state index in [2.05, 4.69) is 5.32 Å². The van der Waals surface area contributed by atoms with E-state index >= 15 is 0 Å². The fourth-order valence-electron chi connectivity index (χ4n) is 2.48. The normalized spacial score (nSPS) is 24.9. The van der Waals surface area contributed by atoms with Gasteiger partial charge in [0.05, 0.1) is 30.0 Å². The van der Waals surface area contributed by atoms with E-state index in [1.807, 2.05) is 31.3 Å². The second-order valence-electron chi connectivity index (χ2n) is 5.70. The van der Waals surface area contributed by atoms with Gasteiger partial charge in [0.15, 0.2) is 16.4 Å². The molecule has 0 radical (unpaired) electrons. The fraction of sp³-hybridized carbons (Fsp3) is 0.500. The number of alkyl halides is 1. The van der Waals surface area contributed by atoms with Crippen LogP contribution in [0.2, 0.25) is 5.02 Å². The molecule has 0 spiro atoms. The van der Waals surface area contributed by atoms with E-state index in [0.717, 1.165) is 10.5 Å². The molecular formula is C14H19Cl2N2O3S+.